The van der Waals surface area contributed by atoms with Crippen LogP contribution in [0.5, 0.6) is 0 Å². The number of hydrazine groups is 2. The lowest BCUT2D eigenvalue weighted by Crippen LogP contribution is -2.61. The number of carbonyl (C=O) groups excluding carboxylic acids is 2. The molecule has 2 aliphatic carbocycles. The molecule has 50 heavy (non-hydrogen) atoms. The summed E-state index contributed by atoms with van der Waals surface area (Å²) in [5, 5.41) is 8.49. The molecule has 8 nitrogen and oxygen atoms in total. The van der Waals surface area contributed by atoms with Gasteiger partial charge in [-0.05, 0) is 62.8 Å². The first-order valence-electron chi connectivity index (χ1n) is 17.7. The van der Waals surface area contributed by atoms with Crippen LogP contribution in [0.3, 0.4) is 0 Å². The van der Waals surface area contributed by atoms with Gasteiger partial charge in [0.1, 0.15) is 13.2 Å². The number of ether oxygens (including phenoxy) is 2. The smallest absolute Gasteiger partial charge is 0.425 e. The van der Waals surface area contributed by atoms with Gasteiger partial charge >= 0.3 is 12.2 Å². The Bertz CT molecular complexity index is 1730. The number of nitrogens with zero attached hydrogens (tertiary/aromatic N) is 4. The third-order valence-electron chi connectivity index (χ3n) is 12.2. The van der Waals surface area contributed by atoms with Crippen LogP contribution in [0.25, 0.3) is 0 Å². The zero-order valence-electron chi connectivity index (χ0n) is 29.4. The van der Waals surface area contributed by atoms with E-state index in [1.807, 2.05) is 107 Å². The van der Waals surface area contributed by atoms with Crippen molar-refractivity contribution in [3.8, 4) is 0 Å². The fourth-order valence-corrected chi connectivity index (χ4v) is 10.8. The van der Waals surface area contributed by atoms with E-state index in [2.05, 4.69) is 62.0 Å². The summed E-state index contributed by atoms with van der Waals surface area (Å²) in [4.78, 5) is 29.0. The zero-order chi connectivity index (χ0) is 34.7. The van der Waals surface area contributed by atoms with Crippen LogP contribution in [0.15, 0.2) is 121 Å². The number of rotatable bonds is 8. The quantitative estimate of drug-likeness (QED) is 0.188. The molecule has 2 aliphatic heterocycles. The molecule has 0 spiro atoms. The van der Waals surface area contributed by atoms with E-state index >= 15 is 0 Å². The standard InChI is InChI=1S/C42H46N4O4/c1-39-29-41(3)36-35(39)42(4,45(43(39)25-31-17-9-5-10-18-31)37(47)49-27-33-21-13-7-14-22-33)30-40(36,2)44(26-32-19-11-6-12-20-32)46(41)38(48)50-28-34-23-15-8-16-24-34/h5-24,35-36H,25-30H2,1-4H3/t35-,36-,39+,40+,41-,42-/m1/s1. The number of carbonyl (C=O) groups is 2. The van der Waals surface area contributed by atoms with E-state index in [0.29, 0.717) is 25.9 Å². The van der Waals surface area contributed by atoms with E-state index in [4.69, 9.17) is 9.47 Å². The van der Waals surface area contributed by atoms with Gasteiger partial charge in [0.15, 0.2) is 0 Å². The van der Waals surface area contributed by atoms with Gasteiger partial charge in [-0.3, -0.25) is 0 Å². The second kappa shape index (κ2) is 12.0. The van der Waals surface area contributed by atoms with Gasteiger partial charge in [-0.1, -0.05) is 121 Å². The van der Waals surface area contributed by atoms with E-state index < -0.39 is 22.2 Å². The topological polar surface area (TPSA) is 65.6 Å². The Morgan fingerprint density at radius 3 is 1.12 bits per heavy atom. The Morgan fingerprint density at radius 2 is 0.800 bits per heavy atom. The van der Waals surface area contributed by atoms with Gasteiger partial charge in [-0.2, -0.15) is 0 Å². The molecule has 0 bridgehead atoms. The molecular weight excluding hydrogens is 624 g/mol. The highest BCUT2D eigenvalue weighted by Gasteiger charge is 2.85. The van der Waals surface area contributed by atoms with Crippen molar-refractivity contribution < 1.29 is 19.1 Å². The summed E-state index contributed by atoms with van der Waals surface area (Å²) in [7, 11) is 0. The minimum absolute atomic E-state index is 0.0585. The average Bonchev–Trinajstić information content (AvgIpc) is 3.67. The van der Waals surface area contributed by atoms with Gasteiger partial charge < -0.3 is 9.47 Å². The lowest BCUT2D eigenvalue weighted by molar-refractivity contribution is -0.130. The number of hydrogen-bond donors (Lipinski definition) is 0. The first kappa shape index (κ1) is 32.5. The van der Waals surface area contributed by atoms with E-state index in [0.717, 1.165) is 22.3 Å². The average molecular weight is 671 g/mol. The van der Waals surface area contributed by atoms with Crippen LogP contribution < -0.4 is 0 Å². The normalized spacial score (nSPS) is 31.2. The Balaban J connectivity index is 1.20. The number of amides is 2. The molecule has 4 fully saturated rings. The van der Waals surface area contributed by atoms with Crippen molar-refractivity contribution >= 4 is 12.2 Å². The lowest BCUT2D eigenvalue weighted by atomic mass is 9.76. The summed E-state index contributed by atoms with van der Waals surface area (Å²) in [5.41, 5.74) is 2.10. The molecule has 8 rings (SSSR count). The lowest BCUT2D eigenvalue weighted by Gasteiger charge is -2.48. The second-order valence-corrected chi connectivity index (χ2v) is 15.5. The van der Waals surface area contributed by atoms with Crippen molar-refractivity contribution in [1.82, 2.24) is 20.0 Å². The van der Waals surface area contributed by atoms with Gasteiger partial charge in [-0.25, -0.2) is 29.6 Å². The maximum atomic E-state index is 14.5. The Kier molecular flexibility index (Phi) is 7.80. The largest absolute Gasteiger partial charge is 0.444 e. The predicted octanol–water partition coefficient (Wildman–Crippen LogP) is 8.20. The van der Waals surface area contributed by atoms with E-state index in [-0.39, 0.29) is 37.2 Å². The summed E-state index contributed by atoms with van der Waals surface area (Å²) in [6.45, 7) is 10.6. The van der Waals surface area contributed by atoms with Crippen molar-refractivity contribution in [3.63, 3.8) is 0 Å². The van der Waals surface area contributed by atoms with Crippen LogP contribution in [-0.4, -0.2) is 54.4 Å². The number of hydrogen-bond acceptors (Lipinski definition) is 6. The molecule has 2 heterocycles. The van der Waals surface area contributed by atoms with Crippen molar-refractivity contribution in [2.24, 2.45) is 11.8 Å². The maximum Gasteiger partial charge on any atom is 0.425 e. The highest BCUT2D eigenvalue weighted by molar-refractivity contribution is 5.72. The fourth-order valence-electron chi connectivity index (χ4n) is 10.8. The first-order chi connectivity index (χ1) is 24.1. The molecule has 0 N–H and O–H groups in total. The Morgan fingerprint density at radius 1 is 0.500 bits per heavy atom. The van der Waals surface area contributed by atoms with Crippen LogP contribution in [0.4, 0.5) is 9.59 Å². The third-order valence-corrected chi connectivity index (χ3v) is 12.2. The van der Waals surface area contributed by atoms with Crippen LogP contribution in [0, 0.1) is 11.8 Å². The molecule has 4 aromatic rings. The Labute approximate surface area is 295 Å². The molecule has 6 atom stereocenters. The number of benzene rings is 4. The molecule has 0 unspecified atom stereocenters. The fraction of sp³-hybridized carbons (Fsp3) is 0.381. The van der Waals surface area contributed by atoms with Gasteiger partial charge in [0.2, 0.25) is 0 Å². The minimum Gasteiger partial charge on any atom is -0.444 e. The van der Waals surface area contributed by atoms with Gasteiger partial charge in [0.05, 0.1) is 11.1 Å². The summed E-state index contributed by atoms with van der Waals surface area (Å²) >= 11 is 0. The molecular formula is C42H46N4O4. The Hall–Kier alpha value is -4.66. The van der Waals surface area contributed by atoms with E-state index in [9.17, 15) is 9.59 Å². The molecule has 258 valence electrons. The van der Waals surface area contributed by atoms with Crippen LogP contribution in [-0.2, 0) is 35.8 Å². The highest BCUT2D eigenvalue weighted by atomic mass is 16.6. The summed E-state index contributed by atoms with van der Waals surface area (Å²) in [6.07, 6.45) is 0.673. The van der Waals surface area contributed by atoms with Gasteiger partial charge in [0, 0.05) is 36.0 Å². The molecule has 2 amide bonds. The molecule has 0 aromatic heterocycles. The molecule has 4 aliphatic rings. The SMILES string of the molecule is C[C@]12C[C@]3(C)[C@@H]4[C@H]1[C@@](C)(C[C@]4(C)N(Cc1ccccc1)N3C(=O)OCc1ccccc1)N(C(=O)OCc1ccccc1)N2Cc1ccccc1. The van der Waals surface area contributed by atoms with Crippen molar-refractivity contribution in [2.75, 3.05) is 0 Å². The van der Waals surface area contributed by atoms with Crippen LogP contribution in [0.1, 0.15) is 62.8 Å². The van der Waals surface area contributed by atoms with Crippen molar-refractivity contribution in [2.45, 2.75) is 89.0 Å². The van der Waals surface area contributed by atoms with Gasteiger partial charge in [-0.15, -0.1) is 0 Å². The van der Waals surface area contributed by atoms with E-state index in [1.165, 1.54) is 0 Å². The van der Waals surface area contributed by atoms with Crippen molar-refractivity contribution in [1.29, 1.82) is 0 Å². The monoisotopic (exact) mass is 670 g/mol. The zero-order valence-corrected chi connectivity index (χ0v) is 29.4. The molecule has 2 saturated heterocycles. The summed E-state index contributed by atoms with van der Waals surface area (Å²) in [6, 6.07) is 40.4. The highest BCUT2D eigenvalue weighted by Crippen LogP contribution is 2.75. The molecule has 2 saturated carbocycles. The molecule has 0 radical (unpaired) electrons. The summed E-state index contributed by atoms with van der Waals surface area (Å²) in [5.74, 6) is 0.117. The minimum atomic E-state index is -0.566. The van der Waals surface area contributed by atoms with Crippen molar-refractivity contribution in [3.05, 3.63) is 144 Å². The molecule has 8 heteroatoms. The summed E-state index contributed by atoms with van der Waals surface area (Å²) < 4.78 is 12.3. The van der Waals surface area contributed by atoms with Crippen LogP contribution >= 0.6 is 0 Å². The van der Waals surface area contributed by atoms with E-state index in [1.54, 1.807) is 0 Å². The first-order valence-corrected chi connectivity index (χ1v) is 17.7. The van der Waals surface area contributed by atoms with Gasteiger partial charge in [0.25, 0.3) is 0 Å². The van der Waals surface area contributed by atoms with Crippen LogP contribution in [0.2, 0.25) is 0 Å². The predicted molar refractivity (Wildman–Crippen MR) is 191 cm³/mol. The molecule has 4 aromatic carbocycles. The maximum absolute atomic E-state index is 14.5. The third kappa shape index (κ3) is 4.95. The second-order valence-electron chi connectivity index (χ2n) is 15.5.